The second kappa shape index (κ2) is 7.69. The van der Waals surface area contributed by atoms with Crippen LogP contribution < -0.4 is 10.2 Å². The van der Waals surface area contributed by atoms with Gasteiger partial charge in [-0.25, -0.2) is 9.37 Å². The summed E-state index contributed by atoms with van der Waals surface area (Å²) in [5, 5.41) is 3.38. The van der Waals surface area contributed by atoms with Gasteiger partial charge in [0.1, 0.15) is 11.6 Å². The second-order valence-electron chi connectivity index (χ2n) is 7.63. The van der Waals surface area contributed by atoms with Crippen molar-refractivity contribution < 1.29 is 9.18 Å². The summed E-state index contributed by atoms with van der Waals surface area (Å²) in [5.41, 5.74) is 1.48. The molecule has 0 saturated carbocycles. The number of nitrogens with zero attached hydrogens (tertiary/aromatic N) is 2. The third-order valence-electron chi connectivity index (χ3n) is 4.57. The van der Waals surface area contributed by atoms with Crippen LogP contribution in [-0.2, 0) is 10.2 Å². The molecule has 1 aromatic carbocycles. The molecule has 1 N–H and O–H groups in total. The molecule has 27 heavy (non-hydrogen) atoms. The first-order valence-electron chi connectivity index (χ1n) is 8.91. The van der Waals surface area contributed by atoms with E-state index in [0.29, 0.717) is 41.4 Å². The Kier molecular flexibility index (Phi) is 5.51. The van der Waals surface area contributed by atoms with Gasteiger partial charge in [0.25, 0.3) is 5.91 Å². The lowest BCUT2D eigenvalue weighted by molar-refractivity contribution is -0.113. The third kappa shape index (κ3) is 4.48. The predicted octanol–water partition coefficient (Wildman–Crippen LogP) is 4.95. The van der Waals surface area contributed by atoms with Crippen LogP contribution in [0.5, 0.6) is 0 Å². The smallest absolute Gasteiger partial charge is 0.251 e. The maximum atomic E-state index is 14.3. The molecule has 4 nitrogen and oxygen atoms in total. The van der Waals surface area contributed by atoms with E-state index in [2.05, 4.69) is 10.3 Å². The molecule has 1 aromatic heterocycles. The SMILES string of the molecule is CC(C)(C)c1ccc(NC(=O)C2=CCN(c3ncccc3Cl)CC2)cc1F. The molecule has 142 valence electrons. The molecule has 0 saturated heterocycles. The van der Waals surface area contributed by atoms with Gasteiger partial charge in [-0.15, -0.1) is 0 Å². The van der Waals surface area contributed by atoms with E-state index >= 15 is 0 Å². The molecule has 0 bridgehead atoms. The van der Waals surface area contributed by atoms with Crippen molar-refractivity contribution in [1.82, 2.24) is 4.98 Å². The summed E-state index contributed by atoms with van der Waals surface area (Å²) < 4.78 is 14.3. The van der Waals surface area contributed by atoms with Crippen molar-refractivity contribution in [2.45, 2.75) is 32.6 Å². The number of carbonyl (C=O) groups excluding carboxylic acids is 1. The number of nitrogens with one attached hydrogen (secondary N) is 1. The highest BCUT2D eigenvalue weighted by molar-refractivity contribution is 6.32. The number of hydrogen-bond acceptors (Lipinski definition) is 3. The topological polar surface area (TPSA) is 45.2 Å². The summed E-state index contributed by atoms with van der Waals surface area (Å²) in [6.07, 6.45) is 4.13. The lowest BCUT2D eigenvalue weighted by Crippen LogP contribution is -2.32. The van der Waals surface area contributed by atoms with Gasteiger partial charge in [-0.2, -0.15) is 0 Å². The second-order valence-corrected chi connectivity index (χ2v) is 8.04. The quantitative estimate of drug-likeness (QED) is 0.810. The minimum atomic E-state index is -0.311. The zero-order valence-electron chi connectivity index (χ0n) is 15.7. The highest BCUT2D eigenvalue weighted by Crippen LogP contribution is 2.28. The molecule has 0 spiro atoms. The van der Waals surface area contributed by atoms with Crippen LogP contribution in [0, 0.1) is 5.82 Å². The van der Waals surface area contributed by atoms with Crippen molar-refractivity contribution in [1.29, 1.82) is 0 Å². The summed E-state index contributed by atoms with van der Waals surface area (Å²) in [6, 6.07) is 8.43. The molecule has 0 fully saturated rings. The minimum Gasteiger partial charge on any atom is -0.351 e. The van der Waals surface area contributed by atoms with Gasteiger partial charge < -0.3 is 10.2 Å². The van der Waals surface area contributed by atoms with E-state index in [9.17, 15) is 9.18 Å². The number of anilines is 2. The van der Waals surface area contributed by atoms with Crippen molar-refractivity contribution in [3.05, 3.63) is 64.6 Å². The third-order valence-corrected chi connectivity index (χ3v) is 4.87. The molecule has 0 atom stereocenters. The zero-order valence-corrected chi connectivity index (χ0v) is 16.5. The lowest BCUT2D eigenvalue weighted by Gasteiger charge is -2.27. The summed E-state index contributed by atoms with van der Waals surface area (Å²) in [6.45, 7) is 7.06. The van der Waals surface area contributed by atoms with Gasteiger partial charge in [-0.1, -0.05) is 44.5 Å². The molecule has 0 unspecified atom stereocenters. The number of hydrogen-bond donors (Lipinski definition) is 1. The Labute approximate surface area is 164 Å². The summed E-state index contributed by atoms with van der Waals surface area (Å²) >= 11 is 6.18. The molecule has 2 aromatic rings. The van der Waals surface area contributed by atoms with Gasteiger partial charge in [0.2, 0.25) is 0 Å². The summed E-state index contributed by atoms with van der Waals surface area (Å²) in [5.74, 6) is 0.202. The van der Waals surface area contributed by atoms with Gasteiger partial charge >= 0.3 is 0 Å². The van der Waals surface area contributed by atoms with Gasteiger partial charge in [0.05, 0.1) is 5.02 Å². The van der Waals surface area contributed by atoms with Crippen molar-refractivity contribution >= 4 is 29.0 Å². The molecule has 0 radical (unpaired) electrons. The molecular weight excluding hydrogens is 365 g/mol. The predicted molar refractivity (Wildman–Crippen MR) is 108 cm³/mol. The highest BCUT2D eigenvalue weighted by atomic mass is 35.5. The van der Waals surface area contributed by atoms with E-state index in [0.717, 1.165) is 5.82 Å². The van der Waals surface area contributed by atoms with Crippen molar-refractivity contribution in [2.75, 3.05) is 23.3 Å². The first kappa shape index (κ1) is 19.4. The Morgan fingerprint density at radius 2 is 2.07 bits per heavy atom. The Hall–Kier alpha value is -2.40. The molecule has 2 heterocycles. The van der Waals surface area contributed by atoms with Gasteiger partial charge in [-0.05, 0) is 41.7 Å². The monoisotopic (exact) mass is 387 g/mol. The van der Waals surface area contributed by atoms with Crippen molar-refractivity contribution in [2.24, 2.45) is 0 Å². The molecular formula is C21H23ClFN3O. The number of pyridine rings is 1. The molecule has 6 heteroatoms. The highest BCUT2D eigenvalue weighted by Gasteiger charge is 2.21. The van der Waals surface area contributed by atoms with E-state index in [1.807, 2.05) is 31.7 Å². The number of carbonyl (C=O) groups is 1. The van der Waals surface area contributed by atoms with Crippen LogP contribution in [0.2, 0.25) is 5.02 Å². The Morgan fingerprint density at radius 1 is 1.30 bits per heavy atom. The van der Waals surface area contributed by atoms with E-state index in [-0.39, 0.29) is 17.1 Å². The first-order valence-corrected chi connectivity index (χ1v) is 9.29. The fourth-order valence-electron chi connectivity index (χ4n) is 3.09. The largest absolute Gasteiger partial charge is 0.351 e. The molecule has 1 amide bonds. The van der Waals surface area contributed by atoms with Crippen LogP contribution in [0.4, 0.5) is 15.9 Å². The number of aromatic nitrogens is 1. The van der Waals surface area contributed by atoms with E-state index < -0.39 is 0 Å². The maximum absolute atomic E-state index is 14.3. The zero-order chi connectivity index (χ0) is 19.6. The van der Waals surface area contributed by atoms with Crippen molar-refractivity contribution in [3.63, 3.8) is 0 Å². The normalized spacial score (nSPS) is 14.7. The van der Waals surface area contributed by atoms with Crippen LogP contribution in [0.1, 0.15) is 32.8 Å². The average Bonchev–Trinajstić information content (AvgIpc) is 2.61. The van der Waals surface area contributed by atoms with Crippen molar-refractivity contribution in [3.8, 4) is 0 Å². The maximum Gasteiger partial charge on any atom is 0.251 e. The fourth-order valence-corrected chi connectivity index (χ4v) is 3.33. The molecule has 1 aliphatic heterocycles. The molecule has 1 aliphatic rings. The van der Waals surface area contributed by atoms with Crippen LogP contribution in [-0.4, -0.2) is 24.0 Å². The van der Waals surface area contributed by atoms with Gasteiger partial charge in [0, 0.05) is 30.5 Å². The fraction of sp³-hybridized carbons (Fsp3) is 0.333. The van der Waals surface area contributed by atoms with E-state index in [1.165, 1.54) is 6.07 Å². The summed E-state index contributed by atoms with van der Waals surface area (Å²) in [4.78, 5) is 18.8. The number of rotatable bonds is 3. The van der Waals surface area contributed by atoms with Crippen LogP contribution in [0.25, 0.3) is 0 Å². The molecule has 0 aliphatic carbocycles. The Morgan fingerprint density at radius 3 is 2.67 bits per heavy atom. The van der Waals surface area contributed by atoms with Gasteiger partial charge in [-0.3, -0.25) is 4.79 Å². The lowest BCUT2D eigenvalue weighted by atomic mass is 9.86. The molecule has 3 rings (SSSR count). The average molecular weight is 388 g/mol. The standard InChI is InChI=1S/C21H23ClFN3O/c1-21(2,3)16-7-6-15(13-18(16)23)25-20(27)14-8-11-26(12-9-14)19-17(22)5-4-10-24-19/h4-8,10,13H,9,11-12H2,1-3H3,(H,25,27). The van der Waals surface area contributed by atoms with Crippen LogP contribution in [0.15, 0.2) is 48.2 Å². The number of benzene rings is 1. The van der Waals surface area contributed by atoms with Crippen LogP contribution >= 0.6 is 11.6 Å². The first-order chi connectivity index (χ1) is 12.8. The minimum absolute atomic E-state index is 0.204. The summed E-state index contributed by atoms with van der Waals surface area (Å²) in [7, 11) is 0. The number of amides is 1. The van der Waals surface area contributed by atoms with Gasteiger partial charge in [0.15, 0.2) is 0 Å². The van der Waals surface area contributed by atoms with E-state index in [1.54, 1.807) is 30.5 Å². The Bertz CT molecular complexity index is 889. The Balaban J connectivity index is 1.67. The van der Waals surface area contributed by atoms with Crippen LogP contribution in [0.3, 0.4) is 0 Å². The van der Waals surface area contributed by atoms with E-state index in [4.69, 9.17) is 11.6 Å². The number of halogens is 2.